The third-order valence-corrected chi connectivity index (χ3v) is 2.94. The lowest BCUT2D eigenvalue weighted by Crippen LogP contribution is -2.33. The molecule has 2 heteroatoms. The van der Waals surface area contributed by atoms with E-state index in [0.717, 1.165) is 25.0 Å². The summed E-state index contributed by atoms with van der Waals surface area (Å²) in [7, 11) is 1.72. The highest BCUT2D eigenvalue weighted by atomic mass is 16.5. The molecule has 116 valence electrons. The van der Waals surface area contributed by atoms with E-state index in [1.807, 2.05) is 44.2 Å². The van der Waals surface area contributed by atoms with Gasteiger partial charge in [-0.3, -0.25) is 5.32 Å². The lowest BCUT2D eigenvalue weighted by molar-refractivity contribution is 0.106. The Hall–Kier alpha value is -1.64. The normalized spacial score (nSPS) is 14.8. The van der Waals surface area contributed by atoms with Crippen LogP contribution in [-0.2, 0) is 4.74 Å². The third-order valence-electron chi connectivity index (χ3n) is 2.94. The van der Waals surface area contributed by atoms with Crippen molar-refractivity contribution in [1.29, 1.82) is 0 Å². The number of rotatable bonds is 11. The van der Waals surface area contributed by atoms with Gasteiger partial charge in [0.15, 0.2) is 0 Å². The van der Waals surface area contributed by atoms with Crippen molar-refractivity contribution in [1.82, 2.24) is 5.32 Å². The van der Waals surface area contributed by atoms with Crippen molar-refractivity contribution in [2.75, 3.05) is 13.7 Å². The second-order valence-corrected chi connectivity index (χ2v) is 4.55. The molecule has 0 fully saturated rings. The summed E-state index contributed by atoms with van der Waals surface area (Å²) in [5.74, 6) is 0. The topological polar surface area (TPSA) is 21.3 Å². The molecule has 1 unspecified atom stereocenters. The Morgan fingerprint density at radius 1 is 1.19 bits per heavy atom. The van der Waals surface area contributed by atoms with Crippen LogP contribution in [0.15, 0.2) is 72.9 Å². The Balaban J connectivity index is 4.46. The molecule has 0 saturated heterocycles. The first-order valence-corrected chi connectivity index (χ1v) is 7.39. The molecule has 0 aliphatic carbocycles. The second-order valence-electron chi connectivity index (χ2n) is 4.55. The predicted molar refractivity (Wildman–Crippen MR) is 94.2 cm³/mol. The largest absolute Gasteiger partial charge is 0.362 e. The van der Waals surface area contributed by atoms with Crippen molar-refractivity contribution in [2.45, 2.75) is 32.9 Å². The van der Waals surface area contributed by atoms with Crippen LogP contribution in [-0.4, -0.2) is 19.9 Å². The number of hydrogen-bond donors (Lipinski definition) is 1. The van der Waals surface area contributed by atoms with Gasteiger partial charge in [-0.25, -0.2) is 0 Å². The molecule has 0 amide bonds. The Morgan fingerprint density at radius 2 is 1.95 bits per heavy atom. The van der Waals surface area contributed by atoms with Gasteiger partial charge in [-0.05, 0) is 44.4 Å². The van der Waals surface area contributed by atoms with Crippen LogP contribution in [0.5, 0.6) is 0 Å². The van der Waals surface area contributed by atoms with Gasteiger partial charge in [-0.15, -0.1) is 0 Å². The smallest absolute Gasteiger partial charge is 0.133 e. The number of methoxy groups -OCH3 is 1. The van der Waals surface area contributed by atoms with Crippen LogP contribution in [0.1, 0.15) is 26.7 Å². The van der Waals surface area contributed by atoms with Gasteiger partial charge in [0, 0.05) is 7.11 Å². The molecule has 21 heavy (non-hydrogen) atoms. The van der Waals surface area contributed by atoms with E-state index < -0.39 is 0 Å². The first-order chi connectivity index (χ1) is 10.2. The number of allylic oxidation sites excluding steroid dienone is 8. The monoisotopic (exact) mass is 287 g/mol. The summed E-state index contributed by atoms with van der Waals surface area (Å²) in [6, 6.07) is 0. The standard InChI is InChI=1S/C19H29NO/c1-6-10-15-18(13-8-3)19(21-5)20-16-11-14-17(9-4)12-7-2/h6-10,12-13,15,19-20H,2,4,11,14,16H2,1,3,5H3/b10-6-,13-8-,17-12+,18-15+. The summed E-state index contributed by atoms with van der Waals surface area (Å²) in [4.78, 5) is 0. The van der Waals surface area contributed by atoms with Crippen LogP contribution >= 0.6 is 0 Å². The molecule has 0 aromatic rings. The van der Waals surface area contributed by atoms with Gasteiger partial charge in [-0.1, -0.05) is 61.8 Å². The van der Waals surface area contributed by atoms with E-state index in [9.17, 15) is 0 Å². The minimum atomic E-state index is -0.0898. The van der Waals surface area contributed by atoms with Crippen molar-refractivity contribution >= 4 is 0 Å². The fourth-order valence-corrected chi connectivity index (χ4v) is 1.90. The van der Waals surface area contributed by atoms with E-state index in [2.05, 4.69) is 30.6 Å². The lowest BCUT2D eigenvalue weighted by atomic mass is 10.1. The fraction of sp³-hybridized carbons (Fsp3) is 0.368. The molecule has 0 bridgehead atoms. The van der Waals surface area contributed by atoms with E-state index in [1.54, 1.807) is 13.2 Å². The van der Waals surface area contributed by atoms with Gasteiger partial charge in [0.05, 0.1) is 0 Å². The van der Waals surface area contributed by atoms with Crippen LogP contribution in [0.2, 0.25) is 0 Å². The van der Waals surface area contributed by atoms with Gasteiger partial charge in [0.2, 0.25) is 0 Å². The average Bonchev–Trinajstić information content (AvgIpc) is 2.50. The molecular weight excluding hydrogens is 258 g/mol. The fourth-order valence-electron chi connectivity index (χ4n) is 1.90. The van der Waals surface area contributed by atoms with E-state index in [-0.39, 0.29) is 6.23 Å². The summed E-state index contributed by atoms with van der Waals surface area (Å²) >= 11 is 0. The summed E-state index contributed by atoms with van der Waals surface area (Å²) in [5, 5.41) is 3.42. The maximum absolute atomic E-state index is 5.53. The van der Waals surface area contributed by atoms with Crippen molar-refractivity contribution in [3.8, 4) is 0 Å². The van der Waals surface area contributed by atoms with Crippen molar-refractivity contribution in [3.63, 3.8) is 0 Å². The first kappa shape index (κ1) is 19.4. The molecule has 0 aromatic carbocycles. The highest BCUT2D eigenvalue weighted by molar-refractivity contribution is 5.27. The molecule has 0 aromatic heterocycles. The van der Waals surface area contributed by atoms with Gasteiger partial charge < -0.3 is 4.74 Å². The van der Waals surface area contributed by atoms with Crippen LogP contribution in [0.25, 0.3) is 0 Å². The average molecular weight is 287 g/mol. The van der Waals surface area contributed by atoms with E-state index in [1.165, 1.54) is 5.57 Å². The van der Waals surface area contributed by atoms with Gasteiger partial charge >= 0.3 is 0 Å². The molecule has 0 radical (unpaired) electrons. The first-order valence-electron chi connectivity index (χ1n) is 7.39. The van der Waals surface area contributed by atoms with E-state index in [4.69, 9.17) is 4.74 Å². The highest BCUT2D eigenvalue weighted by Crippen LogP contribution is 2.09. The molecule has 0 aliphatic rings. The summed E-state index contributed by atoms with van der Waals surface area (Å²) in [5.41, 5.74) is 2.32. The molecule has 0 rings (SSSR count). The summed E-state index contributed by atoms with van der Waals surface area (Å²) in [6.45, 7) is 12.4. The quantitative estimate of drug-likeness (QED) is 0.338. The molecule has 0 saturated carbocycles. The lowest BCUT2D eigenvalue weighted by Gasteiger charge is -2.18. The maximum atomic E-state index is 5.53. The number of ether oxygens (including phenoxy) is 1. The zero-order valence-corrected chi connectivity index (χ0v) is 13.6. The van der Waals surface area contributed by atoms with E-state index in [0.29, 0.717) is 0 Å². The zero-order chi connectivity index (χ0) is 15.9. The van der Waals surface area contributed by atoms with Crippen LogP contribution in [0.4, 0.5) is 0 Å². The Morgan fingerprint density at radius 3 is 2.48 bits per heavy atom. The molecule has 2 nitrogen and oxygen atoms in total. The highest BCUT2D eigenvalue weighted by Gasteiger charge is 2.09. The van der Waals surface area contributed by atoms with Gasteiger partial charge in [-0.2, -0.15) is 0 Å². The minimum Gasteiger partial charge on any atom is -0.362 e. The number of nitrogens with one attached hydrogen (secondary N) is 1. The minimum absolute atomic E-state index is 0.0898. The summed E-state index contributed by atoms with van der Waals surface area (Å²) in [6.07, 6.45) is 17.8. The number of hydrogen-bond acceptors (Lipinski definition) is 2. The maximum Gasteiger partial charge on any atom is 0.133 e. The zero-order valence-electron chi connectivity index (χ0n) is 13.6. The van der Waals surface area contributed by atoms with Crippen LogP contribution < -0.4 is 5.32 Å². The second kappa shape index (κ2) is 13.3. The molecular formula is C19H29NO. The SMILES string of the molecule is C=C/C=C(\C=C)CCCNC(OC)C(/C=C\C)=C/C=C\C. The van der Waals surface area contributed by atoms with Crippen LogP contribution in [0, 0.1) is 0 Å². The predicted octanol–water partition coefficient (Wildman–Crippen LogP) is 4.71. The van der Waals surface area contributed by atoms with Gasteiger partial charge in [0.1, 0.15) is 6.23 Å². The van der Waals surface area contributed by atoms with E-state index >= 15 is 0 Å². The van der Waals surface area contributed by atoms with Crippen LogP contribution in [0.3, 0.4) is 0 Å². The Kier molecular flexibility index (Phi) is 12.3. The molecule has 0 aliphatic heterocycles. The Bertz CT molecular complexity index is 413. The van der Waals surface area contributed by atoms with Crippen molar-refractivity contribution in [2.24, 2.45) is 0 Å². The summed E-state index contributed by atoms with van der Waals surface area (Å²) < 4.78 is 5.53. The molecule has 0 spiro atoms. The van der Waals surface area contributed by atoms with Gasteiger partial charge in [0.25, 0.3) is 0 Å². The molecule has 0 heterocycles. The third kappa shape index (κ3) is 9.01. The Labute approximate surface area is 130 Å². The van der Waals surface area contributed by atoms with Crippen molar-refractivity contribution < 1.29 is 4.74 Å². The van der Waals surface area contributed by atoms with Crippen molar-refractivity contribution in [3.05, 3.63) is 72.9 Å². The molecule has 1 N–H and O–H groups in total. The molecule has 1 atom stereocenters.